The van der Waals surface area contributed by atoms with Crippen LogP contribution in [0.4, 0.5) is 19.0 Å². The third-order valence-electron chi connectivity index (χ3n) is 7.15. The standard InChI is InChI=1S/C23H30F3N5O2/c1-13(2)31-19(21-16-8-15(9-17(16)21)30-3-5-32-6-4-30)10-18(29-31)14-7-20(22(27)28-11-14)33-12-23(24,25)26/h7,10-11,13,15-17,21H,3-6,8-9,12H2,1-2H3,(H2,27,28)/t15?,16-,17+,21?. The zero-order valence-corrected chi connectivity index (χ0v) is 18.9. The molecule has 1 aliphatic heterocycles. The predicted octanol–water partition coefficient (Wildman–Crippen LogP) is 3.87. The highest BCUT2D eigenvalue weighted by Gasteiger charge is 2.58. The van der Waals surface area contributed by atoms with Gasteiger partial charge < -0.3 is 15.2 Å². The Morgan fingerprint density at radius 1 is 1.18 bits per heavy atom. The number of anilines is 1. The first kappa shape index (κ1) is 22.5. The SMILES string of the molecule is CC(C)n1nc(-c2cnc(N)c(OCC(F)(F)F)c2)cc1C1[C@H]2CC(N3CCOCC3)C[C@@H]12. The molecule has 2 aliphatic carbocycles. The molecular formula is C23H30F3N5O2. The summed E-state index contributed by atoms with van der Waals surface area (Å²) in [7, 11) is 0. The molecule has 2 unspecified atom stereocenters. The van der Waals surface area contributed by atoms with E-state index < -0.39 is 12.8 Å². The summed E-state index contributed by atoms with van der Waals surface area (Å²) in [5.41, 5.74) is 8.21. The third-order valence-corrected chi connectivity index (χ3v) is 7.15. The molecule has 180 valence electrons. The molecule has 3 heterocycles. The van der Waals surface area contributed by atoms with Gasteiger partial charge >= 0.3 is 6.18 Å². The number of nitrogens with zero attached hydrogens (tertiary/aromatic N) is 4. The molecule has 0 radical (unpaired) electrons. The number of hydrogen-bond donors (Lipinski definition) is 1. The van der Waals surface area contributed by atoms with E-state index in [1.54, 1.807) is 0 Å². The number of morpholine rings is 1. The van der Waals surface area contributed by atoms with Gasteiger partial charge in [-0.15, -0.1) is 0 Å². The topological polar surface area (TPSA) is 78.4 Å². The molecule has 0 amide bonds. The van der Waals surface area contributed by atoms with E-state index in [0.717, 1.165) is 26.3 Å². The van der Waals surface area contributed by atoms with E-state index in [9.17, 15) is 13.2 Å². The Balaban J connectivity index is 1.34. The average molecular weight is 466 g/mol. The first-order chi connectivity index (χ1) is 15.7. The molecular weight excluding hydrogens is 435 g/mol. The molecule has 3 fully saturated rings. The largest absolute Gasteiger partial charge is 0.480 e. The lowest BCUT2D eigenvalue weighted by Gasteiger charge is -2.33. The first-order valence-electron chi connectivity index (χ1n) is 11.6. The summed E-state index contributed by atoms with van der Waals surface area (Å²) in [6, 6.07) is 4.37. The van der Waals surface area contributed by atoms with Gasteiger partial charge in [0.05, 0.1) is 18.9 Å². The molecule has 2 aromatic rings. The Hall–Kier alpha value is -2.33. The van der Waals surface area contributed by atoms with Crippen molar-refractivity contribution in [3.05, 3.63) is 24.0 Å². The highest BCUT2D eigenvalue weighted by atomic mass is 19.4. The van der Waals surface area contributed by atoms with Crippen LogP contribution in [0, 0.1) is 11.8 Å². The lowest BCUT2D eigenvalue weighted by Crippen LogP contribution is -2.43. The van der Waals surface area contributed by atoms with Gasteiger partial charge in [0, 0.05) is 48.5 Å². The van der Waals surface area contributed by atoms with Crippen molar-refractivity contribution in [2.45, 2.75) is 50.9 Å². The van der Waals surface area contributed by atoms with Crippen LogP contribution < -0.4 is 10.5 Å². The lowest BCUT2D eigenvalue weighted by molar-refractivity contribution is -0.153. The number of halogens is 3. The maximum absolute atomic E-state index is 12.6. The summed E-state index contributed by atoms with van der Waals surface area (Å²) in [5.74, 6) is 1.65. The van der Waals surface area contributed by atoms with Crippen molar-refractivity contribution < 1.29 is 22.6 Å². The number of hydrogen-bond acceptors (Lipinski definition) is 6. The van der Waals surface area contributed by atoms with E-state index in [4.69, 9.17) is 20.3 Å². The molecule has 2 saturated carbocycles. The van der Waals surface area contributed by atoms with E-state index in [1.165, 1.54) is 30.8 Å². The van der Waals surface area contributed by atoms with Crippen molar-refractivity contribution in [1.82, 2.24) is 19.7 Å². The van der Waals surface area contributed by atoms with Gasteiger partial charge in [-0.1, -0.05) is 0 Å². The Morgan fingerprint density at radius 3 is 2.52 bits per heavy atom. The molecule has 7 nitrogen and oxygen atoms in total. The molecule has 2 N–H and O–H groups in total. The average Bonchev–Trinajstić information content (AvgIpc) is 3.13. The van der Waals surface area contributed by atoms with E-state index in [2.05, 4.69) is 34.5 Å². The molecule has 1 saturated heterocycles. The summed E-state index contributed by atoms with van der Waals surface area (Å²) in [6.07, 6.45) is -0.508. The molecule has 5 rings (SSSR count). The van der Waals surface area contributed by atoms with Crippen LogP contribution in [-0.4, -0.2) is 64.8 Å². The van der Waals surface area contributed by atoms with Crippen LogP contribution in [0.5, 0.6) is 5.75 Å². The minimum absolute atomic E-state index is 0.0719. The maximum Gasteiger partial charge on any atom is 0.422 e. The van der Waals surface area contributed by atoms with Crippen LogP contribution in [-0.2, 0) is 4.74 Å². The summed E-state index contributed by atoms with van der Waals surface area (Å²) in [5, 5.41) is 4.79. The number of rotatable bonds is 6. The lowest BCUT2D eigenvalue weighted by atomic mass is 10.0. The molecule has 33 heavy (non-hydrogen) atoms. The van der Waals surface area contributed by atoms with Crippen molar-refractivity contribution in [2.75, 3.05) is 38.6 Å². The summed E-state index contributed by atoms with van der Waals surface area (Å²) in [6.45, 7) is 6.45. The highest BCUT2D eigenvalue weighted by molar-refractivity contribution is 5.64. The molecule has 3 aliphatic rings. The Labute approximate surface area is 191 Å². The van der Waals surface area contributed by atoms with Crippen molar-refractivity contribution in [1.29, 1.82) is 0 Å². The number of ether oxygens (including phenoxy) is 2. The van der Waals surface area contributed by atoms with Gasteiger partial charge in [0.2, 0.25) is 0 Å². The van der Waals surface area contributed by atoms with Crippen LogP contribution in [0.25, 0.3) is 11.3 Å². The molecule has 0 bridgehead atoms. The smallest absolute Gasteiger partial charge is 0.422 e. The highest BCUT2D eigenvalue weighted by Crippen LogP contribution is 2.64. The second-order valence-corrected chi connectivity index (χ2v) is 9.63. The van der Waals surface area contributed by atoms with Gasteiger partial charge in [0.15, 0.2) is 18.2 Å². The number of pyridine rings is 1. The normalized spacial score (nSPS) is 27.7. The molecule has 0 spiro atoms. The molecule has 2 aromatic heterocycles. The minimum Gasteiger partial charge on any atom is -0.480 e. The quantitative estimate of drug-likeness (QED) is 0.698. The Morgan fingerprint density at radius 2 is 1.88 bits per heavy atom. The van der Waals surface area contributed by atoms with Crippen LogP contribution in [0.15, 0.2) is 18.3 Å². The monoisotopic (exact) mass is 465 g/mol. The third kappa shape index (κ3) is 4.55. The zero-order valence-electron chi connectivity index (χ0n) is 18.9. The van der Waals surface area contributed by atoms with Crippen LogP contribution >= 0.6 is 0 Å². The summed E-state index contributed by atoms with van der Waals surface area (Å²) in [4.78, 5) is 6.61. The number of nitrogens with two attached hydrogens (primary N) is 1. The number of nitrogen functional groups attached to an aromatic ring is 1. The molecule has 4 atom stereocenters. The maximum atomic E-state index is 12.6. The van der Waals surface area contributed by atoms with Gasteiger partial charge in [0.1, 0.15) is 0 Å². The van der Waals surface area contributed by atoms with Gasteiger partial charge in [-0.3, -0.25) is 9.58 Å². The Bertz CT molecular complexity index is 990. The fourth-order valence-corrected chi connectivity index (χ4v) is 5.57. The number of alkyl halides is 3. The van der Waals surface area contributed by atoms with Crippen LogP contribution in [0.3, 0.4) is 0 Å². The first-order valence-corrected chi connectivity index (χ1v) is 11.6. The van der Waals surface area contributed by atoms with Crippen molar-refractivity contribution >= 4 is 5.82 Å². The van der Waals surface area contributed by atoms with Gasteiger partial charge in [0.25, 0.3) is 0 Å². The van der Waals surface area contributed by atoms with E-state index in [-0.39, 0.29) is 17.6 Å². The fraction of sp³-hybridized carbons (Fsp3) is 0.652. The van der Waals surface area contributed by atoms with Crippen LogP contribution in [0.2, 0.25) is 0 Å². The van der Waals surface area contributed by atoms with Gasteiger partial charge in [-0.25, -0.2) is 4.98 Å². The Kier molecular flexibility index (Phi) is 5.76. The van der Waals surface area contributed by atoms with Gasteiger partial charge in [-0.05, 0) is 50.7 Å². The fourth-order valence-electron chi connectivity index (χ4n) is 5.57. The number of aromatic nitrogens is 3. The van der Waals surface area contributed by atoms with Crippen LogP contribution in [0.1, 0.15) is 44.3 Å². The molecule has 0 aromatic carbocycles. The van der Waals surface area contributed by atoms with Crippen molar-refractivity contribution in [3.8, 4) is 17.0 Å². The van der Waals surface area contributed by atoms with Crippen molar-refractivity contribution in [3.63, 3.8) is 0 Å². The summed E-state index contributed by atoms with van der Waals surface area (Å²) < 4.78 is 50.2. The second-order valence-electron chi connectivity index (χ2n) is 9.63. The van der Waals surface area contributed by atoms with E-state index >= 15 is 0 Å². The number of fused-ring (bicyclic) bond motifs is 1. The second kappa shape index (κ2) is 8.47. The minimum atomic E-state index is -4.45. The molecule has 10 heteroatoms. The van der Waals surface area contributed by atoms with E-state index in [1.807, 2.05) is 0 Å². The zero-order chi connectivity index (χ0) is 23.3. The van der Waals surface area contributed by atoms with Crippen molar-refractivity contribution in [2.24, 2.45) is 11.8 Å². The summed E-state index contributed by atoms with van der Waals surface area (Å²) >= 11 is 0. The predicted molar refractivity (Wildman–Crippen MR) is 117 cm³/mol. The van der Waals surface area contributed by atoms with Gasteiger partial charge in [-0.2, -0.15) is 18.3 Å². The van der Waals surface area contributed by atoms with E-state index in [0.29, 0.717) is 35.1 Å².